The molecule has 0 radical (unpaired) electrons. The molecule has 14 nitrogen and oxygen atoms in total. The fourth-order valence-electron chi connectivity index (χ4n) is 5.37. The van der Waals surface area contributed by atoms with Crippen LogP contribution in [0.15, 0.2) is 48.5 Å². The molecular formula is C40H62BrNO13. The highest BCUT2D eigenvalue weighted by Crippen LogP contribution is 2.44. The number of ether oxygens (including phenoxy) is 12. The summed E-state index contributed by atoms with van der Waals surface area (Å²) in [7, 11) is 0. The summed E-state index contributed by atoms with van der Waals surface area (Å²) in [6.07, 6.45) is 0.270. The molecule has 55 heavy (non-hydrogen) atoms. The van der Waals surface area contributed by atoms with Crippen LogP contribution >= 0.6 is 15.9 Å². The van der Waals surface area contributed by atoms with Gasteiger partial charge in [-0.2, -0.15) is 0 Å². The summed E-state index contributed by atoms with van der Waals surface area (Å²) in [5, 5.41) is 3.64. The van der Waals surface area contributed by atoms with Gasteiger partial charge >= 0.3 is 6.09 Å². The lowest BCUT2D eigenvalue weighted by atomic mass is 9.98. The van der Waals surface area contributed by atoms with Gasteiger partial charge in [-0.15, -0.1) is 0 Å². The number of benzene rings is 2. The van der Waals surface area contributed by atoms with E-state index in [0.29, 0.717) is 165 Å². The lowest BCUT2D eigenvalue weighted by Gasteiger charge is -2.14. The van der Waals surface area contributed by atoms with E-state index in [9.17, 15) is 4.79 Å². The van der Waals surface area contributed by atoms with Crippen molar-refractivity contribution in [3.8, 4) is 11.1 Å². The molecule has 312 valence electrons. The lowest BCUT2D eigenvalue weighted by Crippen LogP contribution is -2.27. The Kier molecular flexibility index (Phi) is 29.0. The molecule has 15 heteroatoms. The van der Waals surface area contributed by atoms with Crippen LogP contribution in [0.3, 0.4) is 0 Å². The van der Waals surface area contributed by atoms with E-state index in [2.05, 4.69) is 45.5 Å². The summed E-state index contributed by atoms with van der Waals surface area (Å²) >= 11 is 3.30. The van der Waals surface area contributed by atoms with Crippen LogP contribution in [-0.4, -0.2) is 170 Å². The van der Waals surface area contributed by atoms with Crippen molar-refractivity contribution in [2.45, 2.75) is 12.3 Å². The van der Waals surface area contributed by atoms with Gasteiger partial charge in [0.05, 0.1) is 139 Å². The number of alkyl halides is 1. The molecule has 1 N–H and O–H groups in total. The zero-order valence-electron chi connectivity index (χ0n) is 32.3. The third kappa shape index (κ3) is 22.9. The van der Waals surface area contributed by atoms with E-state index >= 15 is 0 Å². The quantitative estimate of drug-likeness (QED) is 0.0751. The molecule has 0 heterocycles. The number of nitrogens with one attached hydrogen (secondary N) is 1. The molecule has 0 saturated carbocycles. The number of fused-ring (bicyclic) bond motifs is 3. The summed E-state index contributed by atoms with van der Waals surface area (Å²) in [6, 6.07) is 16.6. The Morgan fingerprint density at radius 2 is 0.764 bits per heavy atom. The molecule has 0 aliphatic heterocycles. The van der Waals surface area contributed by atoms with Crippen LogP contribution < -0.4 is 5.32 Å². The third-order valence-corrected chi connectivity index (χ3v) is 8.34. The van der Waals surface area contributed by atoms with Crippen LogP contribution in [0.2, 0.25) is 0 Å². The molecule has 0 unspecified atom stereocenters. The summed E-state index contributed by atoms with van der Waals surface area (Å²) in [4.78, 5) is 12.3. The number of alkyl carbamates (subject to hydrolysis) is 1. The van der Waals surface area contributed by atoms with E-state index < -0.39 is 6.09 Å². The van der Waals surface area contributed by atoms with Gasteiger partial charge in [-0.05, 0) is 28.7 Å². The molecule has 0 spiro atoms. The Morgan fingerprint density at radius 1 is 0.455 bits per heavy atom. The van der Waals surface area contributed by atoms with Gasteiger partial charge in [0.25, 0.3) is 0 Å². The average Bonchev–Trinajstić information content (AvgIpc) is 3.53. The predicted molar refractivity (Wildman–Crippen MR) is 210 cm³/mol. The smallest absolute Gasteiger partial charge is 0.407 e. The second-order valence-corrected chi connectivity index (χ2v) is 12.8. The minimum Gasteiger partial charge on any atom is -0.449 e. The molecular weight excluding hydrogens is 782 g/mol. The summed E-state index contributed by atoms with van der Waals surface area (Å²) < 4.78 is 65.8. The van der Waals surface area contributed by atoms with Gasteiger partial charge in [0.15, 0.2) is 0 Å². The SMILES string of the molecule is O=C(NCCCOCCOCCOCCOCCOCCOCCOCCOCCOCCOCCOCCBr)OCC1c2ccccc2-c2ccccc21. The van der Waals surface area contributed by atoms with Crippen LogP contribution in [0.1, 0.15) is 23.5 Å². The molecule has 2 aromatic carbocycles. The van der Waals surface area contributed by atoms with E-state index in [1.54, 1.807) is 0 Å². The molecule has 0 atom stereocenters. The summed E-state index contributed by atoms with van der Waals surface area (Å²) in [5.74, 6) is 0.0496. The van der Waals surface area contributed by atoms with Crippen LogP contribution in [0.5, 0.6) is 0 Å². The summed E-state index contributed by atoms with van der Waals surface area (Å²) in [6.45, 7) is 12.2. The molecule has 0 saturated heterocycles. The van der Waals surface area contributed by atoms with Crippen LogP contribution in [-0.2, 0) is 56.8 Å². The van der Waals surface area contributed by atoms with E-state index in [0.717, 1.165) is 5.33 Å². The van der Waals surface area contributed by atoms with Gasteiger partial charge in [-0.1, -0.05) is 64.5 Å². The van der Waals surface area contributed by atoms with Gasteiger partial charge in [0, 0.05) is 24.4 Å². The van der Waals surface area contributed by atoms with Crippen molar-refractivity contribution >= 4 is 22.0 Å². The second-order valence-electron chi connectivity index (χ2n) is 12.0. The maximum absolute atomic E-state index is 12.3. The number of carbonyl (C=O) groups excluding carboxylic acids is 1. The first kappa shape index (κ1) is 47.1. The molecule has 1 amide bonds. The van der Waals surface area contributed by atoms with E-state index in [1.165, 1.54) is 22.3 Å². The van der Waals surface area contributed by atoms with Crippen molar-refractivity contribution in [1.82, 2.24) is 5.32 Å². The number of rotatable bonds is 38. The van der Waals surface area contributed by atoms with Gasteiger partial charge in [-0.25, -0.2) is 4.79 Å². The Bertz CT molecular complexity index is 1170. The molecule has 2 aromatic rings. The molecule has 0 bridgehead atoms. The Morgan fingerprint density at radius 3 is 1.11 bits per heavy atom. The first-order valence-electron chi connectivity index (χ1n) is 19.3. The van der Waals surface area contributed by atoms with Crippen LogP contribution in [0, 0.1) is 0 Å². The van der Waals surface area contributed by atoms with Crippen molar-refractivity contribution in [1.29, 1.82) is 0 Å². The van der Waals surface area contributed by atoms with Gasteiger partial charge < -0.3 is 62.2 Å². The third-order valence-electron chi connectivity index (χ3n) is 8.02. The van der Waals surface area contributed by atoms with E-state index in [4.69, 9.17) is 56.8 Å². The van der Waals surface area contributed by atoms with Crippen molar-refractivity contribution in [3.63, 3.8) is 0 Å². The van der Waals surface area contributed by atoms with Crippen molar-refractivity contribution in [2.24, 2.45) is 0 Å². The molecule has 1 aliphatic carbocycles. The molecule has 0 aromatic heterocycles. The lowest BCUT2D eigenvalue weighted by molar-refractivity contribution is -0.0273. The minimum absolute atomic E-state index is 0.0496. The maximum Gasteiger partial charge on any atom is 0.407 e. The highest BCUT2D eigenvalue weighted by atomic mass is 79.9. The first-order valence-corrected chi connectivity index (χ1v) is 20.4. The molecule has 3 rings (SSSR count). The standard InChI is InChI=1S/C40H62BrNO13/c41-10-13-45-15-17-47-19-21-49-23-25-51-27-29-53-31-33-54-32-30-52-28-26-50-24-22-48-20-18-46-16-14-44-12-5-11-42-40(43)55-34-39-37-8-3-1-6-35(37)36-7-2-4-9-38(36)39/h1-4,6-9,39H,5,10-34H2,(H,42,43). The zero-order chi connectivity index (χ0) is 38.7. The average molecular weight is 845 g/mol. The second kappa shape index (κ2) is 33.8. The molecule has 1 aliphatic rings. The minimum atomic E-state index is -0.415. The Labute approximate surface area is 335 Å². The fraction of sp³-hybridized carbons (Fsp3) is 0.675. The highest BCUT2D eigenvalue weighted by Gasteiger charge is 2.28. The van der Waals surface area contributed by atoms with Crippen LogP contribution in [0.4, 0.5) is 4.79 Å². The van der Waals surface area contributed by atoms with Gasteiger partial charge in [0.2, 0.25) is 0 Å². The molecule has 0 fully saturated rings. The van der Waals surface area contributed by atoms with Crippen molar-refractivity contribution < 1.29 is 61.6 Å². The number of hydrogen-bond acceptors (Lipinski definition) is 13. The monoisotopic (exact) mass is 843 g/mol. The van der Waals surface area contributed by atoms with Gasteiger partial charge in [0.1, 0.15) is 6.61 Å². The summed E-state index contributed by atoms with van der Waals surface area (Å²) in [5.41, 5.74) is 4.81. The predicted octanol–water partition coefficient (Wildman–Crippen LogP) is 4.49. The number of carbonyl (C=O) groups is 1. The van der Waals surface area contributed by atoms with E-state index in [-0.39, 0.29) is 5.92 Å². The first-order chi connectivity index (χ1) is 27.3. The number of halogens is 1. The fourth-order valence-corrected chi connectivity index (χ4v) is 5.60. The topological polar surface area (TPSA) is 140 Å². The number of amides is 1. The van der Waals surface area contributed by atoms with Crippen LogP contribution in [0.25, 0.3) is 11.1 Å². The zero-order valence-corrected chi connectivity index (χ0v) is 33.9. The van der Waals surface area contributed by atoms with Crippen molar-refractivity contribution in [3.05, 3.63) is 59.7 Å². The normalized spacial score (nSPS) is 12.2. The maximum atomic E-state index is 12.3. The number of hydrogen-bond donors (Lipinski definition) is 1. The van der Waals surface area contributed by atoms with E-state index in [1.807, 2.05) is 24.3 Å². The Hall–Kier alpha value is -2.25. The van der Waals surface area contributed by atoms with Gasteiger partial charge in [-0.3, -0.25) is 0 Å². The van der Waals surface area contributed by atoms with Crippen molar-refractivity contribution in [2.75, 3.05) is 164 Å². The largest absolute Gasteiger partial charge is 0.449 e. The Balaban J connectivity index is 0.941. The highest BCUT2D eigenvalue weighted by molar-refractivity contribution is 9.09.